The van der Waals surface area contributed by atoms with E-state index in [4.69, 9.17) is 0 Å². The van der Waals surface area contributed by atoms with Crippen molar-refractivity contribution in [2.24, 2.45) is 0 Å². The lowest BCUT2D eigenvalue weighted by Crippen LogP contribution is -1.92. The Balaban J connectivity index is 1.05. The first-order chi connectivity index (χ1) is 27.3. The zero-order valence-electron chi connectivity index (χ0n) is 29.7. The van der Waals surface area contributed by atoms with Gasteiger partial charge in [0.25, 0.3) is 0 Å². The van der Waals surface area contributed by atoms with Crippen LogP contribution in [0.25, 0.3) is 123 Å². The van der Waals surface area contributed by atoms with Crippen molar-refractivity contribution in [3.63, 3.8) is 0 Å². The van der Waals surface area contributed by atoms with E-state index in [1.54, 1.807) is 0 Å². The number of benzene rings is 10. The minimum atomic E-state index is 0.991. The van der Waals surface area contributed by atoms with Gasteiger partial charge in [-0.1, -0.05) is 158 Å². The van der Waals surface area contributed by atoms with E-state index < -0.39 is 0 Å². The van der Waals surface area contributed by atoms with Crippen LogP contribution in [0.1, 0.15) is 11.1 Å². The zero-order valence-corrected chi connectivity index (χ0v) is 31.3. The molecule has 0 saturated carbocycles. The number of hydrogen-bond acceptors (Lipinski definition) is 2. The fraction of sp³-hybridized carbons (Fsp3) is 0.0189. The minimum Gasteiger partial charge on any atom is -0.134 e. The van der Waals surface area contributed by atoms with E-state index in [2.05, 4.69) is 170 Å². The van der Waals surface area contributed by atoms with Crippen LogP contribution in [0.2, 0.25) is 0 Å². The Labute approximate surface area is 324 Å². The van der Waals surface area contributed by atoms with Crippen LogP contribution < -0.4 is 0 Å². The average Bonchev–Trinajstić information content (AvgIpc) is 3.82. The van der Waals surface area contributed by atoms with Gasteiger partial charge in [0.15, 0.2) is 0 Å². The number of rotatable bonds is 2. The van der Waals surface area contributed by atoms with Crippen LogP contribution in [-0.2, 0) is 6.42 Å². The van der Waals surface area contributed by atoms with Crippen molar-refractivity contribution in [3.05, 3.63) is 175 Å². The predicted octanol–water partition coefficient (Wildman–Crippen LogP) is 16.1. The number of thiophene rings is 2. The fourth-order valence-corrected chi connectivity index (χ4v) is 12.6. The first-order valence-electron chi connectivity index (χ1n) is 19.1. The van der Waals surface area contributed by atoms with E-state index in [-0.39, 0.29) is 0 Å². The van der Waals surface area contributed by atoms with Crippen LogP contribution in [0.3, 0.4) is 0 Å². The Morgan fingerprint density at radius 3 is 1.85 bits per heavy atom. The molecule has 0 radical (unpaired) electrons. The highest BCUT2D eigenvalue weighted by molar-refractivity contribution is 7.28. The van der Waals surface area contributed by atoms with E-state index in [9.17, 15) is 0 Å². The molecule has 0 fully saturated rings. The normalized spacial score (nSPS) is 12.9. The van der Waals surface area contributed by atoms with Gasteiger partial charge in [0.05, 0.1) is 0 Å². The Morgan fingerprint density at radius 2 is 0.945 bits per heavy atom. The third-order valence-corrected chi connectivity index (χ3v) is 14.8. The highest BCUT2D eigenvalue weighted by atomic mass is 32.1. The first-order valence-corrected chi connectivity index (χ1v) is 20.7. The largest absolute Gasteiger partial charge is 0.134 e. The molecule has 0 aliphatic heterocycles. The molecule has 0 saturated heterocycles. The number of allylic oxidation sites excluding steroid dienone is 1. The van der Waals surface area contributed by atoms with E-state index in [0.29, 0.717) is 0 Å². The average molecular weight is 731 g/mol. The van der Waals surface area contributed by atoms with Crippen LogP contribution in [0.4, 0.5) is 0 Å². The zero-order chi connectivity index (χ0) is 35.8. The fourth-order valence-electron chi connectivity index (χ4n) is 9.82. The summed E-state index contributed by atoms with van der Waals surface area (Å²) in [7, 11) is 0. The summed E-state index contributed by atoms with van der Waals surface area (Å²) in [6, 6.07) is 59.5. The van der Waals surface area contributed by atoms with Crippen molar-refractivity contribution in [3.8, 4) is 22.3 Å². The molecule has 2 heterocycles. The van der Waals surface area contributed by atoms with Gasteiger partial charge in [-0.3, -0.25) is 0 Å². The highest BCUT2D eigenvalue weighted by Crippen LogP contribution is 2.49. The molecular formula is C53H30S2. The summed E-state index contributed by atoms with van der Waals surface area (Å²) in [6.45, 7) is 0. The molecule has 2 aromatic heterocycles. The molecular weight excluding hydrogens is 701 g/mol. The Bertz CT molecular complexity index is 3660. The van der Waals surface area contributed by atoms with Crippen LogP contribution in [0.5, 0.6) is 0 Å². The summed E-state index contributed by atoms with van der Waals surface area (Å²) in [4.78, 5) is 0. The van der Waals surface area contributed by atoms with Gasteiger partial charge in [0.2, 0.25) is 0 Å². The van der Waals surface area contributed by atoms with Gasteiger partial charge in [-0.15, -0.1) is 22.7 Å². The van der Waals surface area contributed by atoms with Crippen LogP contribution >= 0.6 is 22.7 Å². The molecule has 0 amide bonds. The van der Waals surface area contributed by atoms with Crippen molar-refractivity contribution >= 4 is 123 Å². The summed E-state index contributed by atoms with van der Waals surface area (Å²) in [6.07, 6.45) is 5.60. The highest BCUT2D eigenvalue weighted by Gasteiger charge is 2.20. The topological polar surface area (TPSA) is 0 Å². The molecule has 1 aliphatic rings. The Hall–Kier alpha value is -6.32. The molecule has 1 aliphatic carbocycles. The van der Waals surface area contributed by atoms with Crippen molar-refractivity contribution in [1.82, 2.24) is 0 Å². The molecule has 0 bridgehead atoms. The molecule has 13 rings (SSSR count). The molecule has 0 nitrogen and oxygen atoms in total. The molecule has 254 valence electrons. The van der Waals surface area contributed by atoms with Crippen LogP contribution in [0.15, 0.2) is 164 Å². The molecule has 2 heteroatoms. The lowest BCUT2D eigenvalue weighted by atomic mass is 9.89. The number of hydrogen-bond donors (Lipinski definition) is 0. The lowest BCUT2D eigenvalue weighted by Gasteiger charge is -2.14. The van der Waals surface area contributed by atoms with Gasteiger partial charge >= 0.3 is 0 Å². The first kappa shape index (κ1) is 30.1. The molecule has 0 N–H and O–H groups in total. The quantitative estimate of drug-likeness (QED) is 0.155. The second kappa shape index (κ2) is 11.1. The van der Waals surface area contributed by atoms with Gasteiger partial charge in [-0.05, 0) is 89.5 Å². The van der Waals surface area contributed by atoms with Crippen LogP contribution in [0, 0.1) is 0 Å². The lowest BCUT2D eigenvalue weighted by molar-refractivity contribution is 1.30. The SMILES string of the molecule is C1=Cc2cccc3c2c(cc2c4ccc5c6ccc(-c7cccc8c7sc7c(-c9cccc%10ccccc9%10)cccc78)cc6c6ccccc6c5c4sc32)C1. The predicted molar refractivity (Wildman–Crippen MR) is 243 cm³/mol. The molecule has 0 unspecified atom stereocenters. The molecule has 10 aromatic carbocycles. The maximum absolute atomic E-state index is 2.48. The second-order valence-corrected chi connectivity index (χ2v) is 17.1. The summed E-state index contributed by atoms with van der Waals surface area (Å²) in [5, 5.41) is 18.8. The summed E-state index contributed by atoms with van der Waals surface area (Å²) >= 11 is 3.91. The third-order valence-electron chi connectivity index (χ3n) is 12.2. The summed E-state index contributed by atoms with van der Waals surface area (Å²) < 4.78 is 5.48. The maximum Gasteiger partial charge on any atom is 0.0440 e. The van der Waals surface area contributed by atoms with Crippen molar-refractivity contribution in [2.75, 3.05) is 0 Å². The Kier molecular flexibility index (Phi) is 6.07. The standard InChI is InChI=1S/C53H30S2/c1-2-15-34-30(10-1)11-6-19-36(34)41-20-9-22-43-42-21-8-18-35(50(42)54-51(41)43)32-24-25-38-40-26-27-44-47-29-33-14-5-12-31-13-7-23-45(48(31)33)52(47)55-53(44)49(40)39-17-4-3-16-37(39)46(38)28-32/h1-13,15-29H,14H2. The number of fused-ring (bicyclic) bond motifs is 15. The molecule has 0 atom stereocenters. The van der Waals surface area contributed by atoms with Gasteiger partial charge in [0, 0.05) is 56.7 Å². The van der Waals surface area contributed by atoms with Gasteiger partial charge in [-0.25, -0.2) is 0 Å². The Morgan fingerprint density at radius 1 is 0.345 bits per heavy atom. The van der Waals surface area contributed by atoms with Crippen LogP contribution in [-0.4, -0.2) is 0 Å². The van der Waals surface area contributed by atoms with E-state index in [0.717, 1.165) is 6.42 Å². The molecule has 0 spiro atoms. The summed E-state index contributed by atoms with van der Waals surface area (Å²) in [5.41, 5.74) is 7.93. The van der Waals surface area contributed by atoms with Gasteiger partial charge in [-0.2, -0.15) is 0 Å². The molecule has 12 aromatic rings. The van der Waals surface area contributed by atoms with E-state index in [1.807, 2.05) is 22.7 Å². The minimum absolute atomic E-state index is 0.991. The van der Waals surface area contributed by atoms with E-state index in [1.165, 1.54) is 128 Å². The van der Waals surface area contributed by atoms with Crippen molar-refractivity contribution in [1.29, 1.82) is 0 Å². The third kappa shape index (κ3) is 4.11. The summed E-state index contributed by atoms with van der Waals surface area (Å²) in [5.74, 6) is 0. The van der Waals surface area contributed by atoms with Crippen molar-refractivity contribution in [2.45, 2.75) is 6.42 Å². The van der Waals surface area contributed by atoms with Gasteiger partial charge in [0.1, 0.15) is 0 Å². The van der Waals surface area contributed by atoms with E-state index >= 15 is 0 Å². The second-order valence-electron chi connectivity index (χ2n) is 15.1. The smallest absolute Gasteiger partial charge is 0.0440 e. The maximum atomic E-state index is 2.48. The monoisotopic (exact) mass is 730 g/mol. The van der Waals surface area contributed by atoms with Crippen molar-refractivity contribution < 1.29 is 0 Å². The molecule has 55 heavy (non-hydrogen) atoms. The van der Waals surface area contributed by atoms with Gasteiger partial charge < -0.3 is 0 Å².